The summed E-state index contributed by atoms with van der Waals surface area (Å²) in [6, 6.07) is 6.38. The van der Waals surface area contributed by atoms with E-state index in [1.807, 2.05) is 6.07 Å². The zero-order chi connectivity index (χ0) is 15.3. The molecular formula is C18H29NO2. The summed E-state index contributed by atoms with van der Waals surface area (Å²) in [6.07, 6.45) is 4.83. The second-order valence-corrected chi connectivity index (χ2v) is 6.24. The fourth-order valence-electron chi connectivity index (χ4n) is 3.30. The van der Waals surface area contributed by atoms with E-state index in [0.717, 1.165) is 57.5 Å². The lowest BCUT2D eigenvalue weighted by atomic mass is 9.87. The SMILES string of the molecule is CCCC1(O)CCN(Cc2ccc(OC)cc2CC)CC1. The maximum atomic E-state index is 10.5. The molecule has 3 heteroatoms. The molecule has 3 nitrogen and oxygen atoms in total. The Hall–Kier alpha value is -1.06. The first-order valence-corrected chi connectivity index (χ1v) is 8.20. The van der Waals surface area contributed by atoms with Gasteiger partial charge in [-0.05, 0) is 48.9 Å². The Bertz CT molecular complexity index is 451. The lowest BCUT2D eigenvalue weighted by Crippen LogP contribution is -2.43. The normalized spacial score (nSPS) is 18.7. The van der Waals surface area contributed by atoms with Crippen LogP contribution in [0.5, 0.6) is 5.75 Å². The number of piperidine rings is 1. The predicted octanol–water partition coefficient (Wildman–Crippen LogP) is 3.38. The van der Waals surface area contributed by atoms with Crippen molar-refractivity contribution in [2.75, 3.05) is 20.2 Å². The molecular weight excluding hydrogens is 262 g/mol. The van der Waals surface area contributed by atoms with Gasteiger partial charge in [0.15, 0.2) is 0 Å². The number of hydrogen-bond donors (Lipinski definition) is 1. The van der Waals surface area contributed by atoms with E-state index in [2.05, 4.69) is 30.9 Å². The third kappa shape index (κ3) is 4.21. The molecule has 0 aliphatic carbocycles. The molecule has 1 fully saturated rings. The minimum Gasteiger partial charge on any atom is -0.497 e. The summed E-state index contributed by atoms with van der Waals surface area (Å²) < 4.78 is 5.31. The molecule has 21 heavy (non-hydrogen) atoms. The smallest absolute Gasteiger partial charge is 0.119 e. The Labute approximate surface area is 128 Å². The van der Waals surface area contributed by atoms with Gasteiger partial charge in [0, 0.05) is 19.6 Å². The van der Waals surface area contributed by atoms with E-state index in [1.54, 1.807) is 7.11 Å². The van der Waals surface area contributed by atoms with Crippen LogP contribution >= 0.6 is 0 Å². The van der Waals surface area contributed by atoms with Gasteiger partial charge in [-0.25, -0.2) is 0 Å². The van der Waals surface area contributed by atoms with E-state index >= 15 is 0 Å². The lowest BCUT2D eigenvalue weighted by Gasteiger charge is -2.38. The predicted molar refractivity (Wildman–Crippen MR) is 86.7 cm³/mol. The van der Waals surface area contributed by atoms with Gasteiger partial charge in [-0.3, -0.25) is 4.90 Å². The molecule has 0 spiro atoms. The van der Waals surface area contributed by atoms with Gasteiger partial charge in [0.1, 0.15) is 5.75 Å². The average molecular weight is 291 g/mol. The summed E-state index contributed by atoms with van der Waals surface area (Å²) in [4.78, 5) is 2.46. The van der Waals surface area contributed by atoms with Crippen LogP contribution < -0.4 is 4.74 Å². The van der Waals surface area contributed by atoms with Crippen LogP contribution in [0.4, 0.5) is 0 Å². The minimum atomic E-state index is -0.418. The van der Waals surface area contributed by atoms with Crippen LogP contribution in [0, 0.1) is 0 Å². The van der Waals surface area contributed by atoms with Gasteiger partial charge in [-0.15, -0.1) is 0 Å². The topological polar surface area (TPSA) is 32.7 Å². The van der Waals surface area contributed by atoms with Crippen LogP contribution in [0.1, 0.15) is 50.7 Å². The summed E-state index contributed by atoms with van der Waals surface area (Å²) in [6.45, 7) is 7.30. The monoisotopic (exact) mass is 291 g/mol. The second kappa shape index (κ2) is 7.28. The number of aliphatic hydroxyl groups is 1. The number of likely N-dealkylation sites (tertiary alicyclic amines) is 1. The van der Waals surface area contributed by atoms with Crippen LogP contribution in [0.3, 0.4) is 0 Å². The van der Waals surface area contributed by atoms with Crippen molar-refractivity contribution in [3.63, 3.8) is 0 Å². The molecule has 0 unspecified atom stereocenters. The Morgan fingerprint density at radius 1 is 1.19 bits per heavy atom. The van der Waals surface area contributed by atoms with Gasteiger partial charge >= 0.3 is 0 Å². The Morgan fingerprint density at radius 2 is 1.90 bits per heavy atom. The number of benzene rings is 1. The minimum absolute atomic E-state index is 0.418. The molecule has 1 aliphatic rings. The summed E-state index contributed by atoms with van der Waals surface area (Å²) in [5, 5.41) is 10.5. The maximum Gasteiger partial charge on any atom is 0.119 e. The van der Waals surface area contributed by atoms with E-state index < -0.39 is 5.60 Å². The Kier molecular flexibility index (Phi) is 5.65. The molecule has 1 heterocycles. The first-order chi connectivity index (χ1) is 10.1. The number of nitrogens with zero attached hydrogens (tertiary/aromatic N) is 1. The number of hydrogen-bond acceptors (Lipinski definition) is 3. The molecule has 1 aromatic carbocycles. The van der Waals surface area contributed by atoms with E-state index in [4.69, 9.17) is 4.74 Å². The number of methoxy groups -OCH3 is 1. The summed E-state index contributed by atoms with van der Waals surface area (Å²) in [5.41, 5.74) is 2.33. The van der Waals surface area contributed by atoms with Gasteiger partial charge in [-0.2, -0.15) is 0 Å². The summed E-state index contributed by atoms with van der Waals surface area (Å²) >= 11 is 0. The van der Waals surface area contributed by atoms with Crippen molar-refractivity contribution in [1.82, 2.24) is 4.90 Å². The molecule has 1 N–H and O–H groups in total. The van der Waals surface area contributed by atoms with Gasteiger partial charge in [-0.1, -0.05) is 26.3 Å². The van der Waals surface area contributed by atoms with Crippen molar-refractivity contribution in [2.24, 2.45) is 0 Å². The molecule has 1 saturated heterocycles. The lowest BCUT2D eigenvalue weighted by molar-refractivity contribution is -0.0297. The molecule has 118 valence electrons. The molecule has 1 aromatic rings. The molecule has 0 bridgehead atoms. The standard InChI is InChI=1S/C18H29NO2/c1-4-8-18(20)9-11-19(12-10-18)14-16-6-7-17(21-3)13-15(16)5-2/h6-7,13,20H,4-5,8-12,14H2,1-3H3. The van der Waals surface area contributed by atoms with Crippen LogP contribution in [-0.2, 0) is 13.0 Å². The van der Waals surface area contributed by atoms with Crippen molar-refractivity contribution < 1.29 is 9.84 Å². The Balaban J connectivity index is 1.97. The third-order valence-corrected chi connectivity index (χ3v) is 4.69. The van der Waals surface area contributed by atoms with Gasteiger partial charge < -0.3 is 9.84 Å². The molecule has 1 aliphatic heterocycles. The maximum absolute atomic E-state index is 10.5. The van der Waals surface area contributed by atoms with E-state index in [1.165, 1.54) is 11.1 Å². The molecule has 0 aromatic heterocycles. The zero-order valence-electron chi connectivity index (χ0n) is 13.7. The summed E-state index contributed by atoms with van der Waals surface area (Å²) in [5.74, 6) is 0.937. The van der Waals surface area contributed by atoms with E-state index in [9.17, 15) is 5.11 Å². The first kappa shape index (κ1) is 16.3. The second-order valence-electron chi connectivity index (χ2n) is 6.24. The fraction of sp³-hybridized carbons (Fsp3) is 0.667. The van der Waals surface area contributed by atoms with Crippen molar-refractivity contribution in [2.45, 2.75) is 58.1 Å². The molecule has 0 saturated carbocycles. The molecule has 2 rings (SSSR count). The number of aryl methyl sites for hydroxylation is 1. The molecule has 0 atom stereocenters. The van der Waals surface area contributed by atoms with Crippen LogP contribution in [0.2, 0.25) is 0 Å². The Morgan fingerprint density at radius 3 is 2.48 bits per heavy atom. The zero-order valence-corrected chi connectivity index (χ0v) is 13.7. The quantitative estimate of drug-likeness (QED) is 0.872. The third-order valence-electron chi connectivity index (χ3n) is 4.69. The highest BCUT2D eigenvalue weighted by atomic mass is 16.5. The van der Waals surface area contributed by atoms with Crippen LogP contribution in [-0.4, -0.2) is 35.8 Å². The average Bonchev–Trinajstić information content (AvgIpc) is 2.50. The van der Waals surface area contributed by atoms with Crippen LogP contribution in [0.25, 0.3) is 0 Å². The molecule has 0 amide bonds. The highest BCUT2D eigenvalue weighted by Crippen LogP contribution is 2.28. The summed E-state index contributed by atoms with van der Waals surface area (Å²) in [7, 11) is 1.72. The van der Waals surface area contributed by atoms with E-state index in [0.29, 0.717) is 0 Å². The van der Waals surface area contributed by atoms with Crippen molar-refractivity contribution in [3.8, 4) is 5.75 Å². The fourth-order valence-corrected chi connectivity index (χ4v) is 3.30. The van der Waals surface area contributed by atoms with Crippen LogP contribution in [0.15, 0.2) is 18.2 Å². The van der Waals surface area contributed by atoms with Crippen molar-refractivity contribution in [3.05, 3.63) is 29.3 Å². The molecule has 0 radical (unpaired) electrons. The van der Waals surface area contributed by atoms with Crippen molar-refractivity contribution >= 4 is 0 Å². The first-order valence-electron chi connectivity index (χ1n) is 8.20. The van der Waals surface area contributed by atoms with Gasteiger partial charge in [0.25, 0.3) is 0 Å². The number of rotatable bonds is 6. The number of ether oxygens (including phenoxy) is 1. The highest BCUT2D eigenvalue weighted by Gasteiger charge is 2.31. The largest absolute Gasteiger partial charge is 0.497 e. The van der Waals surface area contributed by atoms with Crippen molar-refractivity contribution in [1.29, 1.82) is 0 Å². The highest BCUT2D eigenvalue weighted by molar-refractivity contribution is 5.35. The van der Waals surface area contributed by atoms with E-state index in [-0.39, 0.29) is 0 Å². The van der Waals surface area contributed by atoms with Gasteiger partial charge in [0.2, 0.25) is 0 Å². The van der Waals surface area contributed by atoms with Gasteiger partial charge in [0.05, 0.1) is 12.7 Å².